The molecule has 1 amide bonds. The summed E-state index contributed by atoms with van der Waals surface area (Å²) in [6, 6.07) is 9.29. The van der Waals surface area contributed by atoms with Crippen molar-refractivity contribution in [3.05, 3.63) is 63.2 Å². The molecule has 1 aromatic carbocycles. The average Bonchev–Trinajstić information content (AvgIpc) is 3.06. The van der Waals surface area contributed by atoms with Gasteiger partial charge >= 0.3 is 5.69 Å². The van der Waals surface area contributed by atoms with E-state index in [1.165, 1.54) is 4.68 Å². The van der Waals surface area contributed by atoms with Gasteiger partial charge in [-0.1, -0.05) is 12.1 Å². The van der Waals surface area contributed by atoms with Crippen LogP contribution in [0.4, 0.5) is 11.4 Å². The van der Waals surface area contributed by atoms with E-state index in [9.17, 15) is 14.9 Å². The molecule has 3 aromatic rings. The third-order valence-corrected chi connectivity index (χ3v) is 4.24. The molecule has 27 heavy (non-hydrogen) atoms. The summed E-state index contributed by atoms with van der Waals surface area (Å²) in [6.45, 7) is 6.85. The van der Waals surface area contributed by atoms with Crippen LogP contribution >= 0.6 is 0 Å². The fourth-order valence-electron chi connectivity index (χ4n) is 3.07. The van der Waals surface area contributed by atoms with Crippen molar-refractivity contribution in [2.24, 2.45) is 0 Å². The van der Waals surface area contributed by atoms with Crippen molar-refractivity contribution in [3.63, 3.8) is 0 Å². The quantitative estimate of drug-likeness (QED) is 0.550. The molecule has 0 saturated heterocycles. The molecule has 0 unspecified atom stereocenters. The number of carbonyl (C=O) groups excluding carboxylic acids is 1. The maximum atomic E-state index is 12.5. The van der Waals surface area contributed by atoms with Crippen LogP contribution in [0.3, 0.4) is 0 Å². The number of hydrogen-bond acceptors (Lipinski definition) is 5. The number of aryl methyl sites for hydroxylation is 3. The summed E-state index contributed by atoms with van der Waals surface area (Å²) < 4.78 is 3.10. The van der Waals surface area contributed by atoms with Gasteiger partial charge < -0.3 is 5.32 Å². The Bertz CT molecular complexity index is 1030. The highest BCUT2D eigenvalue weighted by molar-refractivity contribution is 5.92. The SMILES string of the molecule is Cc1cc(C)n(-c2ccccc2NC(=O)Cn2nc(C)c([N+](=O)[O-])c2C)n1. The lowest BCUT2D eigenvalue weighted by Gasteiger charge is -2.12. The molecule has 0 atom stereocenters. The van der Waals surface area contributed by atoms with Gasteiger partial charge in [0.1, 0.15) is 17.9 Å². The molecule has 0 aliphatic carbocycles. The molecule has 0 radical (unpaired) electrons. The molecule has 140 valence electrons. The molecule has 0 aliphatic rings. The maximum Gasteiger partial charge on any atom is 0.312 e. The fourth-order valence-corrected chi connectivity index (χ4v) is 3.07. The van der Waals surface area contributed by atoms with Crippen molar-refractivity contribution in [2.45, 2.75) is 34.2 Å². The second kappa shape index (κ2) is 7.02. The number of nitrogens with one attached hydrogen (secondary N) is 1. The van der Waals surface area contributed by atoms with Gasteiger partial charge in [-0.2, -0.15) is 10.2 Å². The largest absolute Gasteiger partial charge is 0.323 e. The number of nitro groups is 1. The van der Waals surface area contributed by atoms with E-state index in [1.807, 2.05) is 38.1 Å². The zero-order valence-electron chi connectivity index (χ0n) is 15.6. The molecule has 0 aliphatic heterocycles. The molecular weight excluding hydrogens is 348 g/mol. The van der Waals surface area contributed by atoms with E-state index in [-0.39, 0.29) is 23.8 Å². The number of nitrogens with zero attached hydrogens (tertiary/aromatic N) is 5. The standard InChI is InChI=1S/C18H20N6O3/c1-11-9-12(2)23(20-11)16-8-6-5-7-15(16)19-17(25)10-22-14(4)18(24(26)27)13(3)21-22/h5-9H,10H2,1-4H3,(H,19,25). The third kappa shape index (κ3) is 3.57. The third-order valence-electron chi connectivity index (χ3n) is 4.24. The minimum Gasteiger partial charge on any atom is -0.323 e. The van der Waals surface area contributed by atoms with E-state index < -0.39 is 4.92 Å². The Morgan fingerprint density at radius 3 is 2.48 bits per heavy atom. The zero-order chi connectivity index (χ0) is 19.7. The van der Waals surface area contributed by atoms with Gasteiger partial charge in [-0.3, -0.25) is 19.6 Å². The normalized spacial score (nSPS) is 10.8. The minimum absolute atomic E-state index is 0.0640. The Kier molecular flexibility index (Phi) is 4.76. The highest BCUT2D eigenvalue weighted by Gasteiger charge is 2.23. The summed E-state index contributed by atoms with van der Waals surface area (Å²) in [5.74, 6) is -0.329. The average molecular weight is 368 g/mol. The molecule has 0 bridgehead atoms. The fraction of sp³-hybridized carbons (Fsp3) is 0.278. The smallest absolute Gasteiger partial charge is 0.312 e. The van der Waals surface area contributed by atoms with Crippen LogP contribution in [-0.4, -0.2) is 30.4 Å². The van der Waals surface area contributed by atoms with Crippen LogP contribution in [0.1, 0.15) is 22.8 Å². The van der Waals surface area contributed by atoms with Crippen molar-refractivity contribution < 1.29 is 9.72 Å². The van der Waals surface area contributed by atoms with Crippen LogP contribution in [0.15, 0.2) is 30.3 Å². The predicted octanol–water partition coefficient (Wildman–Crippen LogP) is 2.85. The molecule has 3 rings (SSSR count). The van der Waals surface area contributed by atoms with Crippen molar-refractivity contribution in [3.8, 4) is 5.69 Å². The van der Waals surface area contributed by atoms with Gasteiger partial charge in [0.05, 0.1) is 22.0 Å². The van der Waals surface area contributed by atoms with Crippen LogP contribution in [-0.2, 0) is 11.3 Å². The Balaban J connectivity index is 1.85. The molecule has 2 aromatic heterocycles. The first kappa shape index (κ1) is 18.3. The minimum atomic E-state index is -0.482. The van der Waals surface area contributed by atoms with Gasteiger partial charge in [-0.05, 0) is 45.9 Å². The Labute approximate surface area is 155 Å². The van der Waals surface area contributed by atoms with E-state index >= 15 is 0 Å². The van der Waals surface area contributed by atoms with Crippen LogP contribution < -0.4 is 5.32 Å². The van der Waals surface area contributed by atoms with Crippen molar-refractivity contribution in [1.82, 2.24) is 19.6 Å². The summed E-state index contributed by atoms with van der Waals surface area (Å²) in [5, 5.41) is 22.5. The number of carbonyl (C=O) groups is 1. The lowest BCUT2D eigenvalue weighted by atomic mass is 10.2. The van der Waals surface area contributed by atoms with Gasteiger partial charge in [0.15, 0.2) is 0 Å². The van der Waals surface area contributed by atoms with Crippen LogP contribution in [0.5, 0.6) is 0 Å². The number of benzene rings is 1. The Morgan fingerprint density at radius 2 is 1.89 bits per heavy atom. The van der Waals surface area contributed by atoms with E-state index in [0.29, 0.717) is 11.4 Å². The number of aromatic nitrogens is 4. The lowest BCUT2D eigenvalue weighted by Crippen LogP contribution is -2.21. The van der Waals surface area contributed by atoms with Gasteiger partial charge in [0, 0.05) is 5.69 Å². The summed E-state index contributed by atoms with van der Waals surface area (Å²) in [5.41, 5.74) is 3.74. The number of para-hydroxylation sites is 2. The molecule has 0 saturated carbocycles. The second-order valence-electron chi connectivity index (χ2n) is 6.34. The van der Waals surface area contributed by atoms with Crippen LogP contribution in [0.2, 0.25) is 0 Å². The highest BCUT2D eigenvalue weighted by atomic mass is 16.6. The molecule has 2 heterocycles. The summed E-state index contributed by atoms with van der Waals surface area (Å²) in [4.78, 5) is 23.2. The Morgan fingerprint density at radius 1 is 1.19 bits per heavy atom. The first-order valence-corrected chi connectivity index (χ1v) is 8.39. The van der Waals surface area contributed by atoms with Gasteiger partial charge in [0.25, 0.3) is 0 Å². The topological polar surface area (TPSA) is 108 Å². The molecule has 9 heteroatoms. The predicted molar refractivity (Wildman–Crippen MR) is 100 cm³/mol. The number of anilines is 1. The monoisotopic (exact) mass is 368 g/mol. The van der Waals surface area contributed by atoms with Gasteiger partial charge in [-0.25, -0.2) is 4.68 Å². The number of amides is 1. The molecular formula is C18H20N6O3. The first-order valence-electron chi connectivity index (χ1n) is 8.39. The maximum absolute atomic E-state index is 12.5. The van der Waals surface area contributed by atoms with E-state index in [0.717, 1.165) is 17.1 Å². The van der Waals surface area contributed by atoms with Crippen LogP contribution in [0.25, 0.3) is 5.69 Å². The molecule has 0 fully saturated rings. The summed E-state index contributed by atoms with van der Waals surface area (Å²) in [6.07, 6.45) is 0. The van der Waals surface area contributed by atoms with Crippen molar-refractivity contribution in [2.75, 3.05) is 5.32 Å². The number of rotatable bonds is 5. The highest BCUT2D eigenvalue weighted by Crippen LogP contribution is 2.23. The van der Waals surface area contributed by atoms with Gasteiger partial charge in [0.2, 0.25) is 5.91 Å². The van der Waals surface area contributed by atoms with E-state index in [2.05, 4.69) is 15.5 Å². The summed E-state index contributed by atoms with van der Waals surface area (Å²) >= 11 is 0. The zero-order valence-corrected chi connectivity index (χ0v) is 15.6. The number of hydrogen-bond donors (Lipinski definition) is 1. The van der Waals surface area contributed by atoms with Crippen LogP contribution in [0, 0.1) is 37.8 Å². The molecule has 1 N–H and O–H groups in total. The Hall–Kier alpha value is -3.49. The van der Waals surface area contributed by atoms with Crippen molar-refractivity contribution in [1.29, 1.82) is 0 Å². The molecule has 0 spiro atoms. The lowest BCUT2D eigenvalue weighted by molar-refractivity contribution is -0.386. The second-order valence-corrected chi connectivity index (χ2v) is 6.34. The molecule has 9 nitrogen and oxygen atoms in total. The van der Waals surface area contributed by atoms with E-state index in [4.69, 9.17) is 0 Å². The van der Waals surface area contributed by atoms with Crippen molar-refractivity contribution >= 4 is 17.3 Å². The first-order chi connectivity index (χ1) is 12.8. The van der Waals surface area contributed by atoms with Gasteiger partial charge in [-0.15, -0.1) is 0 Å². The van der Waals surface area contributed by atoms with E-state index in [1.54, 1.807) is 24.6 Å². The summed E-state index contributed by atoms with van der Waals surface area (Å²) in [7, 11) is 0.